The van der Waals surface area contributed by atoms with Crippen LogP contribution in [0.5, 0.6) is 11.5 Å². The zero-order valence-electron chi connectivity index (χ0n) is 11.9. The van der Waals surface area contributed by atoms with Crippen LogP contribution in [0.25, 0.3) is 0 Å². The highest BCUT2D eigenvalue weighted by molar-refractivity contribution is 5.77. The Hall–Kier alpha value is -1.97. The first-order valence-electron chi connectivity index (χ1n) is 6.93. The van der Waals surface area contributed by atoms with Crippen molar-refractivity contribution in [3.63, 3.8) is 0 Å². The normalized spacial score (nSPS) is 16.8. The van der Waals surface area contributed by atoms with E-state index in [4.69, 9.17) is 9.47 Å². The molecule has 0 saturated carbocycles. The molecule has 1 aliphatic heterocycles. The van der Waals surface area contributed by atoms with Gasteiger partial charge >= 0.3 is 0 Å². The van der Waals surface area contributed by atoms with Gasteiger partial charge in [0.1, 0.15) is 11.5 Å². The van der Waals surface area contributed by atoms with Crippen LogP contribution in [0.3, 0.4) is 0 Å². The first-order valence-corrected chi connectivity index (χ1v) is 6.93. The van der Waals surface area contributed by atoms with Gasteiger partial charge < -0.3 is 14.8 Å². The third-order valence-corrected chi connectivity index (χ3v) is 3.53. The molecule has 0 aromatic heterocycles. The quantitative estimate of drug-likeness (QED) is 0.812. The lowest BCUT2D eigenvalue weighted by molar-refractivity contribution is -0.120. The Morgan fingerprint density at radius 2 is 2.45 bits per heavy atom. The van der Waals surface area contributed by atoms with Crippen molar-refractivity contribution in [2.24, 2.45) is 0 Å². The molecule has 1 heterocycles. The van der Waals surface area contributed by atoms with Gasteiger partial charge in [0.15, 0.2) is 0 Å². The Balaban J connectivity index is 1.97. The lowest BCUT2D eigenvalue weighted by Crippen LogP contribution is -2.26. The van der Waals surface area contributed by atoms with E-state index in [9.17, 15) is 4.79 Å². The second kappa shape index (κ2) is 6.98. The van der Waals surface area contributed by atoms with Gasteiger partial charge in [0.25, 0.3) is 0 Å². The fourth-order valence-electron chi connectivity index (χ4n) is 2.46. The maximum absolute atomic E-state index is 11.4. The summed E-state index contributed by atoms with van der Waals surface area (Å²) in [7, 11) is 1.66. The van der Waals surface area contributed by atoms with E-state index in [2.05, 4.69) is 11.9 Å². The van der Waals surface area contributed by atoms with Crippen molar-refractivity contribution in [1.82, 2.24) is 5.32 Å². The van der Waals surface area contributed by atoms with E-state index >= 15 is 0 Å². The van der Waals surface area contributed by atoms with Gasteiger partial charge in [0, 0.05) is 18.5 Å². The fraction of sp³-hybridized carbons (Fsp3) is 0.438. The van der Waals surface area contributed by atoms with Gasteiger partial charge in [-0.05, 0) is 37.0 Å². The van der Waals surface area contributed by atoms with Crippen molar-refractivity contribution in [2.45, 2.75) is 25.2 Å². The number of carbonyl (C=O) groups is 1. The Morgan fingerprint density at radius 1 is 1.60 bits per heavy atom. The summed E-state index contributed by atoms with van der Waals surface area (Å²) in [6.45, 7) is 4.96. The largest absolute Gasteiger partial charge is 0.497 e. The number of hydrogen-bond donors (Lipinski definition) is 1. The summed E-state index contributed by atoms with van der Waals surface area (Å²) in [5.74, 6) is 2.20. The molecule has 1 N–H and O–H groups in total. The van der Waals surface area contributed by atoms with E-state index < -0.39 is 0 Å². The number of carbonyl (C=O) groups excluding carboxylic acids is 1. The van der Waals surface area contributed by atoms with Gasteiger partial charge in [0.2, 0.25) is 5.91 Å². The van der Waals surface area contributed by atoms with Gasteiger partial charge in [0.05, 0.1) is 13.7 Å². The van der Waals surface area contributed by atoms with Crippen molar-refractivity contribution in [2.75, 3.05) is 20.3 Å². The molecule has 1 atom stereocenters. The Labute approximate surface area is 119 Å². The molecule has 0 radical (unpaired) electrons. The number of benzene rings is 1. The van der Waals surface area contributed by atoms with Crippen LogP contribution in [0, 0.1) is 0 Å². The summed E-state index contributed by atoms with van der Waals surface area (Å²) in [6.07, 6.45) is 3.87. The minimum atomic E-state index is 0.0259. The maximum Gasteiger partial charge on any atom is 0.223 e. The molecule has 0 saturated heterocycles. The predicted octanol–water partition coefficient (Wildman–Crippen LogP) is 2.64. The molecule has 4 nitrogen and oxygen atoms in total. The van der Waals surface area contributed by atoms with Crippen LogP contribution in [0.15, 0.2) is 30.9 Å². The molecular weight excluding hydrogens is 254 g/mol. The summed E-state index contributed by atoms with van der Waals surface area (Å²) in [4.78, 5) is 11.4. The number of hydrogen-bond acceptors (Lipinski definition) is 3. The SMILES string of the molecule is C=CCC(=O)NCCC1CCOc2ccc(OC)cc21. The van der Waals surface area contributed by atoms with Crippen LogP contribution in [-0.2, 0) is 4.79 Å². The van der Waals surface area contributed by atoms with Gasteiger partial charge in [-0.1, -0.05) is 6.08 Å². The first-order chi connectivity index (χ1) is 9.74. The molecule has 2 rings (SSSR count). The minimum absolute atomic E-state index is 0.0259. The molecule has 0 bridgehead atoms. The van der Waals surface area contributed by atoms with Crippen molar-refractivity contribution >= 4 is 5.91 Å². The highest BCUT2D eigenvalue weighted by Crippen LogP contribution is 2.37. The molecule has 1 aromatic rings. The van der Waals surface area contributed by atoms with Crippen molar-refractivity contribution in [1.29, 1.82) is 0 Å². The monoisotopic (exact) mass is 275 g/mol. The highest BCUT2D eigenvalue weighted by atomic mass is 16.5. The number of ether oxygens (including phenoxy) is 2. The van der Waals surface area contributed by atoms with Crippen LogP contribution < -0.4 is 14.8 Å². The van der Waals surface area contributed by atoms with Gasteiger partial charge in [-0.25, -0.2) is 0 Å². The van der Waals surface area contributed by atoms with E-state index in [1.807, 2.05) is 18.2 Å². The van der Waals surface area contributed by atoms with Gasteiger partial charge in [-0.3, -0.25) is 4.79 Å². The van der Waals surface area contributed by atoms with E-state index in [1.54, 1.807) is 13.2 Å². The number of fused-ring (bicyclic) bond motifs is 1. The van der Waals surface area contributed by atoms with Crippen molar-refractivity contribution in [3.8, 4) is 11.5 Å². The third kappa shape index (κ3) is 3.53. The summed E-state index contributed by atoms with van der Waals surface area (Å²) in [6, 6.07) is 5.90. The highest BCUT2D eigenvalue weighted by Gasteiger charge is 2.21. The average Bonchev–Trinajstić information content (AvgIpc) is 2.47. The van der Waals surface area contributed by atoms with Crippen LogP contribution in [0.2, 0.25) is 0 Å². The summed E-state index contributed by atoms with van der Waals surface area (Å²) in [5.41, 5.74) is 1.17. The summed E-state index contributed by atoms with van der Waals surface area (Å²) in [5, 5.41) is 2.91. The van der Waals surface area contributed by atoms with E-state index in [-0.39, 0.29) is 5.91 Å². The number of rotatable bonds is 6. The molecule has 0 aliphatic carbocycles. The van der Waals surface area contributed by atoms with Crippen LogP contribution >= 0.6 is 0 Å². The smallest absolute Gasteiger partial charge is 0.223 e. The van der Waals surface area contributed by atoms with Crippen molar-refractivity contribution in [3.05, 3.63) is 36.4 Å². The van der Waals surface area contributed by atoms with Crippen LogP contribution in [-0.4, -0.2) is 26.2 Å². The zero-order chi connectivity index (χ0) is 14.4. The lowest BCUT2D eigenvalue weighted by Gasteiger charge is -2.26. The summed E-state index contributed by atoms with van der Waals surface area (Å²) >= 11 is 0. The van der Waals surface area contributed by atoms with Crippen LogP contribution in [0.4, 0.5) is 0 Å². The lowest BCUT2D eigenvalue weighted by atomic mass is 9.90. The zero-order valence-corrected chi connectivity index (χ0v) is 11.9. The number of methoxy groups -OCH3 is 1. The van der Waals surface area contributed by atoms with E-state index in [1.165, 1.54) is 5.56 Å². The third-order valence-electron chi connectivity index (χ3n) is 3.53. The minimum Gasteiger partial charge on any atom is -0.497 e. The van der Waals surface area contributed by atoms with Gasteiger partial charge in [-0.2, -0.15) is 0 Å². The van der Waals surface area contributed by atoms with Crippen molar-refractivity contribution < 1.29 is 14.3 Å². The molecule has 1 amide bonds. The Bertz CT molecular complexity index is 485. The average molecular weight is 275 g/mol. The fourth-order valence-corrected chi connectivity index (χ4v) is 2.46. The second-order valence-electron chi connectivity index (χ2n) is 4.87. The first kappa shape index (κ1) is 14.4. The molecule has 108 valence electrons. The standard InChI is InChI=1S/C16H21NO3/c1-3-4-16(18)17-9-7-12-8-10-20-15-6-5-13(19-2)11-14(12)15/h3,5-6,11-12H,1,4,7-10H2,2H3,(H,17,18). The molecule has 4 heteroatoms. The van der Waals surface area contributed by atoms with Crippen LogP contribution in [0.1, 0.15) is 30.7 Å². The van der Waals surface area contributed by atoms with Gasteiger partial charge in [-0.15, -0.1) is 6.58 Å². The molecular formula is C16H21NO3. The molecule has 0 fully saturated rings. The number of amides is 1. The predicted molar refractivity (Wildman–Crippen MR) is 78.3 cm³/mol. The molecule has 1 aromatic carbocycles. The molecule has 1 aliphatic rings. The van der Waals surface area contributed by atoms with E-state index in [0.29, 0.717) is 18.9 Å². The second-order valence-corrected chi connectivity index (χ2v) is 4.87. The Morgan fingerprint density at radius 3 is 3.20 bits per heavy atom. The molecule has 1 unspecified atom stereocenters. The molecule has 0 spiro atoms. The topological polar surface area (TPSA) is 47.6 Å². The molecule has 20 heavy (non-hydrogen) atoms. The van der Waals surface area contributed by atoms with E-state index in [0.717, 1.165) is 30.9 Å². The summed E-state index contributed by atoms with van der Waals surface area (Å²) < 4.78 is 10.9. The Kier molecular flexibility index (Phi) is 5.04. The maximum atomic E-state index is 11.4. The number of nitrogens with one attached hydrogen (secondary N) is 1.